The second kappa shape index (κ2) is 4.87. The number of halogens is 1. The number of imide groups is 1. The van der Waals surface area contributed by atoms with Crippen LogP contribution in [0.4, 0.5) is 10.1 Å². The molecule has 0 spiro atoms. The van der Waals surface area contributed by atoms with Gasteiger partial charge in [0.25, 0.3) is 0 Å². The molecule has 0 aromatic heterocycles. The number of nitrogens with zero attached hydrogens (tertiary/aromatic N) is 1. The molecule has 1 fully saturated rings. The molecule has 0 saturated carbocycles. The third-order valence-corrected chi connectivity index (χ3v) is 3.67. The first-order chi connectivity index (χ1) is 8.15. The van der Waals surface area contributed by atoms with Gasteiger partial charge in [-0.15, -0.1) is 11.8 Å². The number of carbonyl (C=O) groups excluding carboxylic acids is 2. The first-order valence-electron chi connectivity index (χ1n) is 5.38. The highest BCUT2D eigenvalue weighted by Gasteiger charge is 2.40. The summed E-state index contributed by atoms with van der Waals surface area (Å²) in [5.41, 5.74) is 0.0571. The third kappa shape index (κ3) is 2.20. The minimum atomic E-state index is -0.545. The topological polar surface area (TPSA) is 37.4 Å². The van der Waals surface area contributed by atoms with Crippen molar-refractivity contribution in [2.45, 2.75) is 18.6 Å². The number of anilines is 1. The number of thioether (sulfide) groups is 1. The molecule has 0 unspecified atom stereocenters. The molecule has 0 bridgehead atoms. The smallest absolute Gasteiger partial charge is 0.247 e. The molecule has 1 aromatic rings. The van der Waals surface area contributed by atoms with Crippen molar-refractivity contribution in [3.63, 3.8) is 0 Å². The van der Waals surface area contributed by atoms with Crippen LogP contribution in [0.1, 0.15) is 13.3 Å². The van der Waals surface area contributed by atoms with Crippen LogP contribution in [0.5, 0.6) is 0 Å². The van der Waals surface area contributed by atoms with Gasteiger partial charge in [-0.3, -0.25) is 9.59 Å². The van der Waals surface area contributed by atoms with Crippen LogP contribution in [0.25, 0.3) is 0 Å². The van der Waals surface area contributed by atoms with E-state index >= 15 is 0 Å². The van der Waals surface area contributed by atoms with Gasteiger partial charge < -0.3 is 0 Å². The van der Waals surface area contributed by atoms with Crippen LogP contribution in [-0.4, -0.2) is 22.8 Å². The van der Waals surface area contributed by atoms with Gasteiger partial charge in [-0.1, -0.05) is 19.1 Å². The van der Waals surface area contributed by atoms with Crippen molar-refractivity contribution in [1.29, 1.82) is 0 Å². The standard InChI is InChI=1S/C12H12FNO2S/c1-2-17-10-7-11(15)14(12(10)16)9-6-4-3-5-8(9)13/h3-6,10H,2,7H2,1H3/t10-/m0/s1. The summed E-state index contributed by atoms with van der Waals surface area (Å²) in [6.07, 6.45) is 0.158. The lowest BCUT2D eigenvalue weighted by atomic mass is 10.3. The Morgan fingerprint density at radius 3 is 2.76 bits per heavy atom. The van der Waals surface area contributed by atoms with Crippen LogP contribution in [0, 0.1) is 5.82 Å². The average Bonchev–Trinajstić information content (AvgIpc) is 2.57. The largest absolute Gasteiger partial charge is 0.274 e. The Bertz CT molecular complexity index is 464. The van der Waals surface area contributed by atoms with Crippen molar-refractivity contribution in [2.24, 2.45) is 0 Å². The second-order valence-electron chi connectivity index (χ2n) is 3.67. The molecule has 5 heteroatoms. The molecular weight excluding hydrogens is 241 g/mol. The number of hydrogen-bond acceptors (Lipinski definition) is 3. The predicted octanol–water partition coefficient (Wildman–Crippen LogP) is 2.21. The summed E-state index contributed by atoms with van der Waals surface area (Å²) in [6.45, 7) is 1.92. The van der Waals surface area contributed by atoms with Gasteiger partial charge in [0, 0.05) is 6.42 Å². The van der Waals surface area contributed by atoms with Crippen LogP contribution in [0.3, 0.4) is 0 Å². The summed E-state index contributed by atoms with van der Waals surface area (Å²) in [7, 11) is 0. The lowest BCUT2D eigenvalue weighted by molar-refractivity contribution is -0.121. The van der Waals surface area contributed by atoms with Gasteiger partial charge in [0.15, 0.2) is 0 Å². The van der Waals surface area contributed by atoms with E-state index in [1.165, 1.54) is 30.0 Å². The molecule has 1 saturated heterocycles. The minimum Gasteiger partial charge on any atom is -0.274 e. The highest BCUT2D eigenvalue weighted by Crippen LogP contribution is 2.30. The van der Waals surface area contributed by atoms with Crippen LogP contribution in [0.2, 0.25) is 0 Å². The summed E-state index contributed by atoms with van der Waals surface area (Å²) >= 11 is 1.42. The molecule has 90 valence electrons. The highest BCUT2D eigenvalue weighted by atomic mass is 32.2. The molecule has 3 nitrogen and oxygen atoms in total. The Hall–Kier alpha value is -1.36. The van der Waals surface area contributed by atoms with E-state index < -0.39 is 5.82 Å². The third-order valence-electron chi connectivity index (χ3n) is 2.57. The van der Waals surface area contributed by atoms with E-state index in [4.69, 9.17) is 0 Å². The number of amides is 2. The van der Waals surface area contributed by atoms with Crippen molar-refractivity contribution < 1.29 is 14.0 Å². The molecule has 0 radical (unpaired) electrons. The number of hydrogen-bond donors (Lipinski definition) is 0. The summed E-state index contributed by atoms with van der Waals surface area (Å²) in [6, 6.07) is 5.84. The monoisotopic (exact) mass is 253 g/mol. The van der Waals surface area contributed by atoms with Crippen LogP contribution >= 0.6 is 11.8 Å². The van der Waals surface area contributed by atoms with Gasteiger partial charge in [0.05, 0.1) is 10.9 Å². The van der Waals surface area contributed by atoms with Crippen molar-refractivity contribution in [3.8, 4) is 0 Å². The maximum Gasteiger partial charge on any atom is 0.247 e. The van der Waals surface area contributed by atoms with Crippen molar-refractivity contribution in [3.05, 3.63) is 30.1 Å². The maximum atomic E-state index is 13.5. The van der Waals surface area contributed by atoms with Gasteiger partial charge in [-0.25, -0.2) is 9.29 Å². The molecule has 0 aliphatic carbocycles. The first kappa shape index (κ1) is 12.1. The predicted molar refractivity (Wildman–Crippen MR) is 65.4 cm³/mol. The van der Waals surface area contributed by atoms with Gasteiger partial charge in [-0.05, 0) is 17.9 Å². The molecule has 1 heterocycles. The molecule has 1 aromatic carbocycles. The molecule has 1 aliphatic heterocycles. The quantitative estimate of drug-likeness (QED) is 0.775. The van der Waals surface area contributed by atoms with E-state index in [1.807, 2.05) is 6.92 Å². The number of para-hydroxylation sites is 1. The summed E-state index contributed by atoms with van der Waals surface area (Å²) in [5.74, 6) is -0.427. The number of rotatable bonds is 3. The number of benzene rings is 1. The Morgan fingerprint density at radius 1 is 1.41 bits per heavy atom. The van der Waals surface area contributed by atoms with Gasteiger partial charge in [-0.2, -0.15) is 0 Å². The normalized spacial score (nSPS) is 20.1. The van der Waals surface area contributed by atoms with Crippen molar-refractivity contribution >= 4 is 29.3 Å². The Balaban J connectivity index is 2.31. The van der Waals surface area contributed by atoms with E-state index in [0.29, 0.717) is 0 Å². The molecule has 17 heavy (non-hydrogen) atoms. The summed E-state index contributed by atoms with van der Waals surface area (Å²) < 4.78 is 13.5. The van der Waals surface area contributed by atoms with Crippen molar-refractivity contribution in [2.75, 3.05) is 10.7 Å². The molecular formula is C12H12FNO2S. The lowest BCUT2D eigenvalue weighted by Crippen LogP contribution is -2.31. The fourth-order valence-electron chi connectivity index (χ4n) is 1.82. The fourth-order valence-corrected chi connectivity index (χ4v) is 2.73. The molecule has 1 aliphatic rings. The van der Waals surface area contributed by atoms with E-state index in [-0.39, 0.29) is 29.2 Å². The number of carbonyl (C=O) groups is 2. The van der Waals surface area contributed by atoms with Gasteiger partial charge in [0.1, 0.15) is 5.82 Å². The zero-order chi connectivity index (χ0) is 12.4. The average molecular weight is 253 g/mol. The Labute approximate surface area is 103 Å². The van der Waals surface area contributed by atoms with E-state index in [0.717, 1.165) is 10.7 Å². The fraction of sp³-hybridized carbons (Fsp3) is 0.333. The van der Waals surface area contributed by atoms with Crippen LogP contribution in [0.15, 0.2) is 24.3 Å². The summed E-state index contributed by atoms with van der Waals surface area (Å²) in [5, 5.41) is -0.368. The van der Waals surface area contributed by atoms with Gasteiger partial charge in [0.2, 0.25) is 11.8 Å². The zero-order valence-corrected chi connectivity index (χ0v) is 10.2. The van der Waals surface area contributed by atoms with Crippen LogP contribution in [-0.2, 0) is 9.59 Å². The second-order valence-corrected chi connectivity index (χ2v) is 5.15. The first-order valence-corrected chi connectivity index (χ1v) is 6.43. The van der Waals surface area contributed by atoms with E-state index in [2.05, 4.69) is 0 Å². The Morgan fingerprint density at radius 2 is 2.12 bits per heavy atom. The van der Waals surface area contributed by atoms with E-state index in [9.17, 15) is 14.0 Å². The minimum absolute atomic E-state index is 0.0571. The SMILES string of the molecule is CCS[C@H]1CC(=O)N(c2ccccc2F)C1=O. The lowest BCUT2D eigenvalue weighted by Gasteiger charge is -2.15. The van der Waals surface area contributed by atoms with E-state index in [1.54, 1.807) is 6.07 Å². The Kier molecular flexibility index (Phi) is 3.47. The maximum absolute atomic E-state index is 13.5. The highest BCUT2D eigenvalue weighted by molar-refractivity contribution is 8.00. The zero-order valence-electron chi connectivity index (χ0n) is 9.35. The van der Waals surface area contributed by atoms with Gasteiger partial charge >= 0.3 is 0 Å². The van der Waals surface area contributed by atoms with Crippen LogP contribution < -0.4 is 4.90 Å². The molecule has 2 rings (SSSR count). The summed E-state index contributed by atoms with van der Waals surface area (Å²) in [4.78, 5) is 24.7. The molecule has 1 atom stereocenters. The molecule has 0 N–H and O–H groups in total. The van der Waals surface area contributed by atoms with Crippen molar-refractivity contribution in [1.82, 2.24) is 0 Å². The molecule has 2 amide bonds.